The fourth-order valence-corrected chi connectivity index (χ4v) is 2.13. The van der Waals surface area contributed by atoms with Gasteiger partial charge in [-0.1, -0.05) is 0 Å². The van der Waals surface area contributed by atoms with E-state index in [0.29, 0.717) is 6.61 Å². The van der Waals surface area contributed by atoms with Crippen LogP contribution in [0.25, 0.3) is 0 Å². The molecule has 0 N–H and O–H groups in total. The molecule has 0 aromatic carbocycles. The molecular formula is C12H21NO5. The Bertz CT molecular complexity index is 288. The quantitative estimate of drug-likeness (QED) is 0.570. The molecule has 0 radical (unpaired) electrons. The molecule has 2 rings (SSSR count). The minimum absolute atomic E-state index is 0.186. The number of nitrogens with zero attached hydrogens (tertiary/aromatic N) is 1. The normalized spacial score (nSPS) is 27.2. The van der Waals surface area contributed by atoms with Crippen molar-refractivity contribution < 1.29 is 24.0 Å². The third-order valence-corrected chi connectivity index (χ3v) is 3.07. The second-order valence-electron chi connectivity index (χ2n) is 5.13. The largest absolute Gasteiger partial charge is 0.441 e. The Morgan fingerprint density at radius 2 is 2.06 bits per heavy atom. The van der Waals surface area contributed by atoms with Gasteiger partial charge in [0.15, 0.2) is 5.79 Å². The van der Waals surface area contributed by atoms with Crippen LogP contribution in [0.5, 0.6) is 0 Å². The van der Waals surface area contributed by atoms with Gasteiger partial charge in [0.25, 0.3) is 0 Å². The molecule has 6 nitrogen and oxygen atoms in total. The van der Waals surface area contributed by atoms with Crippen LogP contribution < -0.4 is 0 Å². The summed E-state index contributed by atoms with van der Waals surface area (Å²) < 4.78 is 10.9. The second kappa shape index (κ2) is 5.86. The van der Waals surface area contributed by atoms with Crippen molar-refractivity contribution in [1.82, 2.24) is 4.90 Å². The molecule has 18 heavy (non-hydrogen) atoms. The zero-order valence-electron chi connectivity index (χ0n) is 11.0. The maximum Gasteiger partial charge on any atom is 0.441 e. The van der Waals surface area contributed by atoms with Crippen LogP contribution in [0.3, 0.4) is 0 Å². The molecule has 2 fully saturated rings. The number of amides is 1. The van der Waals surface area contributed by atoms with Gasteiger partial charge in [-0.15, -0.1) is 0 Å². The molecule has 1 unspecified atom stereocenters. The van der Waals surface area contributed by atoms with Crippen molar-refractivity contribution >= 4 is 6.09 Å². The van der Waals surface area contributed by atoms with Gasteiger partial charge in [0, 0.05) is 13.1 Å². The summed E-state index contributed by atoms with van der Waals surface area (Å²) in [5.41, 5.74) is 0. The topological polar surface area (TPSA) is 57.2 Å². The monoisotopic (exact) mass is 259 g/mol. The fourth-order valence-electron chi connectivity index (χ4n) is 2.13. The first-order chi connectivity index (χ1) is 8.57. The summed E-state index contributed by atoms with van der Waals surface area (Å²) in [5.74, 6) is -0.578. The minimum atomic E-state index is -0.578. The predicted octanol–water partition coefficient (Wildman–Crippen LogP) is 1.69. The maximum atomic E-state index is 11.6. The minimum Gasteiger partial charge on any atom is -0.348 e. The summed E-state index contributed by atoms with van der Waals surface area (Å²) in [7, 11) is 0. The van der Waals surface area contributed by atoms with Crippen LogP contribution >= 0.6 is 0 Å². The third-order valence-electron chi connectivity index (χ3n) is 3.07. The smallest absolute Gasteiger partial charge is 0.348 e. The van der Waals surface area contributed by atoms with Gasteiger partial charge in [-0.25, -0.2) is 4.79 Å². The lowest BCUT2D eigenvalue weighted by Crippen LogP contribution is -2.36. The van der Waals surface area contributed by atoms with Crippen LogP contribution in [0.15, 0.2) is 0 Å². The molecular weight excluding hydrogens is 238 g/mol. The van der Waals surface area contributed by atoms with E-state index in [1.165, 1.54) is 6.42 Å². The van der Waals surface area contributed by atoms with Crippen molar-refractivity contribution in [3.05, 3.63) is 0 Å². The highest BCUT2D eigenvalue weighted by Crippen LogP contribution is 2.22. The van der Waals surface area contributed by atoms with Gasteiger partial charge in [0.1, 0.15) is 12.7 Å². The lowest BCUT2D eigenvalue weighted by atomic mass is 10.1. The van der Waals surface area contributed by atoms with E-state index in [2.05, 4.69) is 0 Å². The molecule has 2 saturated heterocycles. The van der Waals surface area contributed by atoms with Gasteiger partial charge in [0.2, 0.25) is 0 Å². The Balaban J connectivity index is 1.62. The first kappa shape index (κ1) is 13.6. The number of rotatable bonds is 3. The second-order valence-corrected chi connectivity index (χ2v) is 5.13. The zero-order valence-corrected chi connectivity index (χ0v) is 11.0. The van der Waals surface area contributed by atoms with Crippen LogP contribution in [0.4, 0.5) is 4.79 Å². The number of hydrogen-bond acceptors (Lipinski definition) is 5. The van der Waals surface area contributed by atoms with Gasteiger partial charge in [-0.05, 0) is 33.1 Å². The lowest BCUT2D eigenvalue weighted by molar-refractivity contribution is -0.264. The number of hydrogen-bond donors (Lipinski definition) is 0. The van der Waals surface area contributed by atoms with E-state index >= 15 is 0 Å². The highest BCUT2D eigenvalue weighted by atomic mass is 17.2. The number of piperidine rings is 1. The van der Waals surface area contributed by atoms with Crippen molar-refractivity contribution in [2.45, 2.75) is 45.0 Å². The molecule has 2 heterocycles. The molecule has 104 valence electrons. The van der Waals surface area contributed by atoms with E-state index in [1.807, 2.05) is 13.8 Å². The van der Waals surface area contributed by atoms with Gasteiger partial charge in [0.05, 0.1) is 6.61 Å². The first-order valence-corrected chi connectivity index (χ1v) is 6.47. The average Bonchev–Trinajstić information content (AvgIpc) is 2.70. The van der Waals surface area contributed by atoms with Crippen LogP contribution in [-0.4, -0.2) is 49.2 Å². The Morgan fingerprint density at radius 3 is 2.67 bits per heavy atom. The summed E-state index contributed by atoms with van der Waals surface area (Å²) in [6.07, 6.45) is 2.64. The molecule has 2 aliphatic heterocycles. The zero-order chi connectivity index (χ0) is 13.0. The van der Waals surface area contributed by atoms with E-state index in [-0.39, 0.29) is 12.7 Å². The van der Waals surface area contributed by atoms with E-state index in [0.717, 1.165) is 25.9 Å². The summed E-state index contributed by atoms with van der Waals surface area (Å²) in [5, 5.41) is 0. The molecule has 0 saturated carbocycles. The first-order valence-electron chi connectivity index (χ1n) is 6.47. The predicted molar refractivity (Wildman–Crippen MR) is 62.8 cm³/mol. The summed E-state index contributed by atoms with van der Waals surface area (Å²) >= 11 is 0. The van der Waals surface area contributed by atoms with E-state index < -0.39 is 11.9 Å². The molecule has 1 atom stereocenters. The molecule has 0 spiro atoms. The van der Waals surface area contributed by atoms with Gasteiger partial charge in [-0.3, -0.25) is 4.89 Å². The number of ether oxygens (including phenoxy) is 2. The van der Waals surface area contributed by atoms with Crippen molar-refractivity contribution in [1.29, 1.82) is 0 Å². The van der Waals surface area contributed by atoms with E-state index in [9.17, 15) is 4.79 Å². The van der Waals surface area contributed by atoms with E-state index in [1.54, 1.807) is 4.90 Å². The Morgan fingerprint density at radius 1 is 1.33 bits per heavy atom. The van der Waals surface area contributed by atoms with Gasteiger partial charge in [-0.2, -0.15) is 4.89 Å². The van der Waals surface area contributed by atoms with Crippen LogP contribution in [-0.2, 0) is 19.2 Å². The SMILES string of the molecule is CC1(C)OCC(COOC(=O)N2CCCCC2)O1. The average molecular weight is 259 g/mol. The molecule has 0 aromatic rings. The Kier molecular flexibility index (Phi) is 4.42. The molecule has 0 bridgehead atoms. The maximum absolute atomic E-state index is 11.6. The Hall–Kier alpha value is -0.850. The van der Waals surface area contributed by atoms with Gasteiger partial charge >= 0.3 is 6.09 Å². The lowest BCUT2D eigenvalue weighted by Gasteiger charge is -2.25. The molecule has 0 aromatic heterocycles. The number of carbonyl (C=O) groups excluding carboxylic acids is 1. The van der Waals surface area contributed by atoms with Crippen molar-refractivity contribution in [2.24, 2.45) is 0 Å². The fraction of sp³-hybridized carbons (Fsp3) is 0.917. The summed E-state index contributed by atoms with van der Waals surface area (Å²) in [6.45, 7) is 5.83. The van der Waals surface area contributed by atoms with Crippen molar-refractivity contribution in [3.63, 3.8) is 0 Å². The number of carbonyl (C=O) groups is 1. The molecule has 0 aliphatic carbocycles. The highest BCUT2D eigenvalue weighted by molar-refractivity contribution is 5.66. The van der Waals surface area contributed by atoms with Crippen LogP contribution in [0.2, 0.25) is 0 Å². The van der Waals surface area contributed by atoms with Crippen LogP contribution in [0, 0.1) is 0 Å². The molecule has 2 aliphatic rings. The van der Waals surface area contributed by atoms with Gasteiger partial charge < -0.3 is 14.4 Å². The highest BCUT2D eigenvalue weighted by Gasteiger charge is 2.33. The van der Waals surface area contributed by atoms with Crippen molar-refractivity contribution in [2.75, 3.05) is 26.3 Å². The number of likely N-dealkylation sites (tertiary alicyclic amines) is 1. The summed E-state index contributed by atoms with van der Waals surface area (Å²) in [6, 6.07) is 0. The van der Waals surface area contributed by atoms with Crippen LogP contribution in [0.1, 0.15) is 33.1 Å². The van der Waals surface area contributed by atoms with Crippen molar-refractivity contribution in [3.8, 4) is 0 Å². The Labute approximate surface area is 107 Å². The molecule has 1 amide bonds. The summed E-state index contributed by atoms with van der Waals surface area (Å²) in [4.78, 5) is 23.0. The standard InChI is InChI=1S/C12H21NO5/c1-12(2)15-8-10(17-12)9-16-18-11(14)13-6-4-3-5-7-13/h10H,3-9H2,1-2H3. The van der Waals surface area contributed by atoms with E-state index in [4.69, 9.17) is 19.2 Å². The molecule has 6 heteroatoms. The third kappa shape index (κ3) is 3.83.